The van der Waals surface area contributed by atoms with Crippen LogP contribution in [0.25, 0.3) is 10.9 Å². The van der Waals surface area contributed by atoms with E-state index in [0.717, 1.165) is 30.6 Å². The number of nitrogens with zero attached hydrogens (tertiary/aromatic N) is 3. The van der Waals surface area contributed by atoms with Crippen LogP contribution in [-0.4, -0.2) is 37.1 Å². The maximum Gasteiger partial charge on any atom is 0.295 e. The van der Waals surface area contributed by atoms with Crippen LogP contribution in [0.15, 0.2) is 30.5 Å². The molecule has 0 unspecified atom stereocenters. The fourth-order valence-corrected chi connectivity index (χ4v) is 2.24. The molecule has 0 radical (unpaired) electrons. The van der Waals surface area contributed by atoms with Crippen LogP contribution >= 0.6 is 0 Å². The summed E-state index contributed by atoms with van der Waals surface area (Å²) in [5.74, 6) is 0. The first kappa shape index (κ1) is 14.2. The number of aromatic nitrogens is 1. The molecular formula is C14H18N4O2. The lowest BCUT2D eigenvalue weighted by Gasteiger charge is -2.20. The summed E-state index contributed by atoms with van der Waals surface area (Å²) in [7, 11) is 3.91. The zero-order valence-corrected chi connectivity index (χ0v) is 11.7. The van der Waals surface area contributed by atoms with Crippen molar-refractivity contribution < 1.29 is 4.92 Å². The SMILES string of the molecule is CNCCCN(C)c1ccnc2c([N+](=O)[O-])cccc12. The molecule has 6 heteroatoms. The van der Waals surface area contributed by atoms with Crippen molar-refractivity contribution in [2.24, 2.45) is 0 Å². The summed E-state index contributed by atoms with van der Waals surface area (Å²) >= 11 is 0. The standard InChI is InChI=1S/C14H18N4O2/c1-15-8-4-10-17(2)12-7-9-16-14-11(12)5-3-6-13(14)18(19)20/h3,5-7,9,15H,4,8,10H2,1-2H3. The minimum Gasteiger partial charge on any atom is -0.374 e. The molecule has 2 aromatic rings. The highest BCUT2D eigenvalue weighted by atomic mass is 16.6. The third kappa shape index (κ3) is 2.85. The van der Waals surface area contributed by atoms with Crippen molar-refractivity contribution in [3.8, 4) is 0 Å². The van der Waals surface area contributed by atoms with Crippen molar-refractivity contribution in [1.82, 2.24) is 10.3 Å². The van der Waals surface area contributed by atoms with E-state index in [2.05, 4.69) is 15.2 Å². The van der Waals surface area contributed by atoms with Crippen LogP contribution in [0.5, 0.6) is 0 Å². The van der Waals surface area contributed by atoms with Gasteiger partial charge in [-0.25, -0.2) is 4.98 Å². The van der Waals surface area contributed by atoms with E-state index in [1.54, 1.807) is 12.3 Å². The van der Waals surface area contributed by atoms with Crippen molar-refractivity contribution in [1.29, 1.82) is 0 Å². The number of benzene rings is 1. The van der Waals surface area contributed by atoms with Gasteiger partial charge in [0.05, 0.1) is 4.92 Å². The van der Waals surface area contributed by atoms with Crippen LogP contribution in [-0.2, 0) is 0 Å². The number of hydrogen-bond donors (Lipinski definition) is 1. The Morgan fingerprint density at radius 2 is 2.20 bits per heavy atom. The summed E-state index contributed by atoms with van der Waals surface area (Å²) in [5, 5.41) is 15.0. The molecule has 0 aliphatic heterocycles. The smallest absolute Gasteiger partial charge is 0.295 e. The Balaban J connectivity index is 2.39. The van der Waals surface area contributed by atoms with Crippen LogP contribution < -0.4 is 10.2 Å². The quantitative estimate of drug-likeness (QED) is 0.496. The largest absolute Gasteiger partial charge is 0.374 e. The van der Waals surface area contributed by atoms with Gasteiger partial charge >= 0.3 is 0 Å². The second-order valence-corrected chi connectivity index (χ2v) is 4.64. The number of para-hydroxylation sites is 1. The van der Waals surface area contributed by atoms with Crippen LogP contribution in [0.4, 0.5) is 11.4 Å². The normalized spacial score (nSPS) is 10.7. The number of nitrogens with one attached hydrogen (secondary N) is 1. The molecule has 0 amide bonds. The maximum atomic E-state index is 11.1. The van der Waals surface area contributed by atoms with E-state index in [0.29, 0.717) is 5.52 Å². The van der Waals surface area contributed by atoms with Gasteiger partial charge < -0.3 is 10.2 Å². The van der Waals surface area contributed by atoms with Crippen LogP contribution in [0.1, 0.15) is 6.42 Å². The summed E-state index contributed by atoms with van der Waals surface area (Å²) in [6, 6.07) is 6.96. The second kappa shape index (κ2) is 6.29. The molecule has 1 aromatic heterocycles. The Bertz CT molecular complexity index is 615. The summed E-state index contributed by atoms with van der Waals surface area (Å²) in [4.78, 5) is 16.9. The Hall–Kier alpha value is -2.21. The average Bonchev–Trinajstić information content (AvgIpc) is 2.46. The lowest BCUT2D eigenvalue weighted by Crippen LogP contribution is -2.22. The van der Waals surface area contributed by atoms with Gasteiger partial charge in [0.15, 0.2) is 0 Å². The van der Waals surface area contributed by atoms with Crippen molar-refractivity contribution in [3.05, 3.63) is 40.6 Å². The van der Waals surface area contributed by atoms with E-state index in [1.165, 1.54) is 6.07 Å². The minimum absolute atomic E-state index is 0.0491. The highest BCUT2D eigenvalue weighted by molar-refractivity contribution is 5.96. The van der Waals surface area contributed by atoms with Gasteiger partial charge in [0, 0.05) is 36.9 Å². The molecule has 1 N–H and O–H groups in total. The molecule has 0 aliphatic rings. The number of pyridine rings is 1. The molecule has 106 valence electrons. The Morgan fingerprint density at radius 3 is 2.90 bits per heavy atom. The lowest BCUT2D eigenvalue weighted by atomic mass is 10.1. The molecule has 0 bridgehead atoms. The van der Waals surface area contributed by atoms with Gasteiger partial charge in [-0.05, 0) is 26.1 Å². The average molecular weight is 274 g/mol. The predicted molar refractivity (Wildman–Crippen MR) is 80.2 cm³/mol. The number of hydrogen-bond acceptors (Lipinski definition) is 5. The highest BCUT2D eigenvalue weighted by Crippen LogP contribution is 2.30. The van der Waals surface area contributed by atoms with Gasteiger partial charge in [-0.1, -0.05) is 12.1 Å². The van der Waals surface area contributed by atoms with Crippen molar-refractivity contribution in [2.45, 2.75) is 6.42 Å². The van der Waals surface area contributed by atoms with Crippen molar-refractivity contribution in [3.63, 3.8) is 0 Å². The van der Waals surface area contributed by atoms with Crippen LogP contribution in [0, 0.1) is 10.1 Å². The first-order valence-electron chi connectivity index (χ1n) is 6.53. The highest BCUT2D eigenvalue weighted by Gasteiger charge is 2.15. The first-order chi connectivity index (χ1) is 9.65. The summed E-state index contributed by atoms with van der Waals surface area (Å²) in [5.41, 5.74) is 1.46. The fourth-order valence-electron chi connectivity index (χ4n) is 2.24. The molecule has 0 aliphatic carbocycles. The minimum atomic E-state index is -0.389. The fraction of sp³-hybridized carbons (Fsp3) is 0.357. The van der Waals surface area contributed by atoms with Crippen LogP contribution in [0.2, 0.25) is 0 Å². The van der Waals surface area contributed by atoms with Gasteiger partial charge in [-0.3, -0.25) is 10.1 Å². The summed E-state index contributed by atoms with van der Waals surface area (Å²) in [6.07, 6.45) is 2.63. The lowest BCUT2D eigenvalue weighted by molar-refractivity contribution is -0.383. The van der Waals surface area contributed by atoms with Crippen molar-refractivity contribution >= 4 is 22.3 Å². The molecule has 1 heterocycles. The third-order valence-electron chi connectivity index (χ3n) is 3.25. The van der Waals surface area contributed by atoms with Gasteiger partial charge in [0.2, 0.25) is 0 Å². The van der Waals surface area contributed by atoms with Gasteiger partial charge in [0.25, 0.3) is 5.69 Å². The van der Waals surface area contributed by atoms with Gasteiger partial charge in [0.1, 0.15) is 5.52 Å². The van der Waals surface area contributed by atoms with E-state index >= 15 is 0 Å². The topological polar surface area (TPSA) is 71.3 Å². The Labute approximate surface area is 117 Å². The number of nitro benzene ring substituents is 1. The Kier molecular flexibility index (Phi) is 4.47. The molecule has 0 saturated heterocycles. The zero-order valence-electron chi connectivity index (χ0n) is 11.7. The Morgan fingerprint density at radius 1 is 1.40 bits per heavy atom. The number of fused-ring (bicyclic) bond motifs is 1. The molecule has 1 aromatic carbocycles. The molecule has 0 spiro atoms. The van der Waals surface area contributed by atoms with E-state index in [9.17, 15) is 10.1 Å². The van der Waals surface area contributed by atoms with Crippen LogP contribution in [0.3, 0.4) is 0 Å². The zero-order chi connectivity index (χ0) is 14.5. The van der Waals surface area contributed by atoms with E-state index in [1.807, 2.05) is 26.2 Å². The first-order valence-corrected chi connectivity index (χ1v) is 6.53. The molecular weight excluding hydrogens is 256 g/mol. The number of anilines is 1. The predicted octanol–water partition coefficient (Wildman–Crippen LogP) is 2.19. The second-order valence-electron chi connectivity index (χ2n) is 4.64. The molecule has 6 nitrogen and oxygen atoms in total. The van der Waals surface area contributed by atoms with E-state index < -0.39 is 0 Å². The molecule has 20 heavy (non-hydrogen) atoms. The molecule has 0 atom stereocenters. The number of rotatable bonds is 6. The number of nitro groups is 1. The van der Waals surface area contributed by atoms with Crippen molar-refractivity contribution in [2.75, 3.05) is 32.1 Å². The summed E-state index contributed by atoms with van der Waals surface area (Å²) < 4.78 is 0. The van der Waals surface area contributed by atoms with E-state index in [-0.39, 0.29) is 10.6 Å². The van der Waals surface area contributed by atoms with Gasteiger partial charge in [-0.2, -0.15) is 0 Å². The molecule has 0 saturated carbocycles. The molecule has 2 rings (SSSR count). The summed E-state index contributed by atoms with van der Waals surface area (Å²) in [6.45, 7) is 1.82. The van der Waals surface area contributed by atoms with Gasteiger partial charge in [-0.15, -0.1) is 0 Å². The third-order valence-corrected chi connectivity index (χ3v) is 3.25. The monoisotopic (exact) mass is 274 g/mol. The maximum absolute atomic E-state index is 11.1. The molecule has 0 fully saturated rings. The number of non-ortho nitro benzene ring substituents is 1. The van der Waals surface area contributed by atoms with E-state index in [4.69, 9.17) is 0 Å².